The Morgan fingerprint density at radius 1 is 1.25 bits per heavy atom. The van der Waals surface area contributed by atoms with Crippen molar-refractivity contribution in [1.82, 2.24) is 14.5 Å². The molecule has 4 rings (SSSR count). The standard InChI is InChI=1S/C18H12ClN3OS/c1-3-11-8-20-17-13(14(11)19)15-16(24-17)18(23)22(9-21-15)12-6-4-10(2)5-7-12/h3-9H,1H2,2H3. The van der Waals surface area contributed by atoms with Crippen molar-refractivity contribution in [3.63, 3.8) is 0 Å². The molecule has 0 spiro atoms. The molecule has 24 heavy (non-hydrogen) atoms. The summed E-state index contributed by atoms with van der Waals surface area (Å²) in [5.74, 6) is 0. The van der Waals surface area contributed by atoms with Crippen LogP contribution in [0.4, 0.5) is 0 Å². The maximum atomic E-state index is 12.9. The first-order chi connectivity index (χ1) is 11.6. The Hall–Kier alpha value is -2.50. The van der Waals surface area contributed by atoms with Gasteiger partial charge in [-0.15, -0.1) is 11.3 Å². The Labute approximate surface area is 146 Å². The van der Waals surface area contributed by atoms with Crippen molar-refractivity contribution in [2.75, 3.05) is 0 Å². The lowest BCUT2D eigenvalue weighted by molar-refractivity contribution is 0.966. The van der Waals surface area contributed by atoms with E-state index in [4.69, 9.17) is 11.6 Å². The van der Waals surface area contributed by atoms with Gasteiger partial charge in [0.1, 0.15) is 15.9 Å². The van der Waals surface area contributed by atoms with Crippen LogP contribution in [0.1, 0.15) is 11.1 Å². The Balaban J connectivity index is 2.05. The van der Waals surface area contributed by atoms with Crippen LogP contribution < -0.4 is 5.56 Å². The number of hydrogen-bond donors (Lipinski definition) is 0. The third-order valence-electron chi connectivity index (χ3n) is 3.91. The predicted molar refractivity (Wildman–Crippen MR) is 100 cm³/mol. The zero-order chi connectivity index (χ0) is 16.8. The molecule has 0 unspecified atom stereocenters. The van der Waals surface area contributed by atoms with Gasteiger partial charge in [-0.1, -0.05) is 42.0 Å². The van der Waals surface area contributed by atoms with Crippen molar-refractivity contribution in [2.45, 2.75) is 6.92 Å². The number of hydrogen-bond acceptors (Lipinski definition) is 4. The van der Waals surface area contributed by atoms with Gasteiger partial charge in [0.05, 0.1) is 21.6 Å². The molecule has 3 aromatic heterocycles. The Morgan fingerprint density at radius 3 is 2.71 bits per heavy atom. The molecule has 118 valence electrons. The highest BCUT2D eigenvalue weighted by Crippen LogP contribution is 2.36. The number of thiophene rings is 1. The number of aryl methyl sites for hydroxylation is 1. The second-order valence-electron chi connectivity index (χ2n) is 5.45. The maximum Gasteiger partial charge on any atom is 0.275 e. The van der Waals surface area contributed by atoms with Crippen LogP contribution in [0.3, 0.4) is 0 Å². The molecule has 0 amide bonds. The third kappa shape index (κ3) is 2.17. The minimum absolute atomic E-state index is 0.122. The molecular formula is C18H12ClN3OS. The van der Waals surface area contributed by atoms with Crippen molar-refractivity contribution in [3.05, 3.63) is 69.9 Å². The van der Waals surface area contributed by atoms with Gasteiger partial charge in [0, 0.05) is 11.8 Å². The van der Waals surface area contributed by atoms with Crippen LogP contribution in [0, 0.1) is 6.92 Å². The van der Waals surface area contributed by atoms with Gasteiger partial charge in [0.15, 0.2) is 0 Å². The molecule has 4 nitrogen and oxygen atoms in total. The molecule has 1 aromatic carbocycles. The van der Waals surface area contributed by atoms with E-state index in [-0.39, 0.29) is 5.56 Å². The van der Waals surface area contributed by atoms with Crippen LogP contribution in [-0.4, -0.2) is 14.5 Å². The summed E-state index contributed by atoms with van der Waals surface area (Å²) in [7, 11) is 0. The van der Waals surface area contributed by atoms with Gasteiger partial charge in [-0.3, -0.25) is 9.36 Å². The average Bonchev–Trinajstić information content (AvgIpc) is 2.97. The summed E-state index contributed by atoms with van der Waals surface area (Å²) >= 11 is 7.74. The Bertz CT molecular complexity index is 1160. The topological polar surface area (TPSA) is 47.8 Å². The SMILES string of the molecule is C=Cc1cnc2sc3c(=O)n(-c4ccc(C)cc4)cnc3c2c1Cl. The molecule has 0 bridgehead atoms. The van der Waals surface area contributed by atoms with E-state index < -0.39 is 0 Å². The highest BCUT2D eigenvalue weighted by Gasteiger charge is 2.17. The Morgan fingerprint density at radius 2 is 2.00 bits per heavy atom. The van der Waals surface area contributed by atoms with E-state index in [1.807, 2.05) is 31.2 Å². The van der Waals surface area contributed by atoms with Crippen LogP contribution in [0.5, 0.6) is 0 Å². The fourth-order valence-electron chi connectivity index (χ4n) is 2.61. The second kappa shape index (κ2) is 5.54. The van der Waals surface area contributed by atoms with Crippen molar-refractivity contribution < 1.29 is 0 Å². The predicted octanol–water partition coefficient (Wildman–Crippen LogP) is 4.60. The molecule has 0 saturated carbocycles. The number of aromatic nitrogens is 3. The maximum absolute atomic E-state index is 12.9. The van der Waals surface area contributed by atoms with Crippen LogP contribution >= 0.6 is 22.9 Å². The van der Waals surface area contributed by atoms with E-state index in [1.54, 1.807) is 23.2 Å². The molecule has 6 heteroatoms. The van der Waals surface area contributed by atoms with Crippen molar-refractivity contribution in [1.29, 1.82) is 0 Å². The minimum atomic E-state index is -0.122. The lowest BCUT2D eigenvalue weighted by Crippen LogP contribution is -2.17. The monoisotopic (exact) mass is 353 g/mol. The lowest BCUT2D eigenvalue weighted by Gasteiger charge is -2.05. The molecule has 0 aliphatic carbocycles. The molecule has 4 aromatic rings. The molecular weight excluding hydrogens is 342 g/mol. The number of halogens is 1. The molecule has 3 heterocycles. The molecule has 0 aliphatic rings. The minimum Gasteiger partial charge on any atom is -0.267 e. The summed E-state index contributed by atoms with van der Waals surface area (Å²) in [6, 6.07) is 7.73. The zero-order valence-electron chi connectivity index (χ0n) is 12.8. The summed E-state index contributed by atoms with van der Waals surface area (Å²) in [5, 5.41) is 1.24. The molecule has 0 saturated heterocycles. The van der Waals surface area contributed by atoms with Crippen molar-refractivity contribution >= 4 is 49.4 Å². The largest absolute Gasteiger partial charge is 0.275 e. The average molecular weight is 354 g/mol. The van der Waals surface area contributed by atoms with Crippen LogP contribution in [0.2, 0.25) is 5.02 Å². The molecule has 0 N–H and O–H groups in total. The van der Waals surface area contributed by atoms with Gasteiger partial charge < -0.3 is 0 Å². The fraction of sp³-hybridized carbons (Fsp3) is 0.0556. The fourth-order valence-corrected chi connectivity index (χ4v) is 4.00. The van der Waals surface area contributed by atoms with Gasteiger partial charge in [-0.05, 0) is 19.1 Å². The first kappa shape index (κ1) is 15.1. The Kier molecular flexibility index (Phi) is 3.48. The molecule has 0 radical (unpaired) electrons. The summed E-state index contributed by atoms with van der Waals surface area (Å²) in [6.45, 7) is 5.74. The normalized spacial score (nSPS) is 11.2. The number of pyridine rings is 1. The molecule has 0 atom stereocenters. The van der Waals surface area contributed by atoms with Crippen LogP contribution in [0.15, 0.2) is 48.2 Å². The van der Waals surface area contributed by atoms with Crippen molar-refractivity contribution in [2.24, 2.45) is 0 Å². The van der Waals surface area contributed by atoms with Crippen LogP contribution in [-0.2, 0) is 0 Å². The summed E-state index contributed by atoms with van der Waals surface area (Å²) in [5.41, 5.74) is 3.11. The number of fused-ring (bicyclic) bond motifs is 3. The van der Waals surface area contributed by atoms with Gasteiger partial charge in [0.2, 0.25) is 0 Å². The summed E-state index contributed by atoms with van der Waals surface area (Å²) < 4.78 is 2.09. The highest BCUT2D eigenvalue weighted by atomic mass is 35.5. The van der Waals surface area contributed by atoms with Gasteiger partial charge in [-0.25, -0.2) is 9.97 Å². The highest BCUT2D eigenvalue weighted by molar-refractivity contribution is 7.25. The first-order valence-electron chi connectivity index (χ1n) is 7.28. The van der Waals surface area contributed by atoms with Gasteiger partial charge in [0.25, 0.3) is 5.56 Å². The van der Waals surface area contributed by atoms with E-state index in [0.717, 1.165) is 16.8 Å². The number of nitrogens with zero attached hydrogens (tertiary/aromatic N) is 3. The zero-order valence-corrected chi connectivity index (χ0v) is 14.4. The first-order valence-corrected chi connectivity index (χ1v) is 8.47. The van der Waals surface area contributed by atoms with E-state index in [1.165, 1.54) is 11.3 Å². The quantitative estimate of drug-likeness (QED) is 0.529. The summed E-state index contributed by atoms with van der Waals surface area (Å²) in [4.78, 5) is 22.5. The van der Waals surface area contributed by atoms with E-state index in [0.29, 0.717) is 25.5 Å². The summed E-state index contributed by atoms with van der Waals surface area (Å²) in [6.07, 6.45) is 4.84. The second-order valence-corrected chi connectivity index (χ2v) is 6.82. The number of rotatable bonds is 2. The smallest absolute Gasteiger partial charge is 0.267 e. The number of benzene rings is 1. The van der Waals surface area contributed by atoms with E-state index in [2.05, 4.69) is 16.5 Å². The van der Waals surface area contributed by atoms with Crippen molar-refractivity contribution in [3.8, 4) is 5.69 Å². The third-order valence-corrected chi connectivity index (χ3v) is 5.39. The van der Waals surface area contributed by atoms with E-state index >= 15 is 0 Å². The van der Waals surface area contributed by atoms with Gasteiger partial charge >= 0.3 is 0 Å². The molecule has 0 fully saturated rings. The van der Waals surface area contributed by atoms with E-state index in [9.17, 15) is 4.79 Å². The van der Waals surface area contributed by atoms with Gasteiger partial charge in [-0.2, -0.15) is 0 Å². The lowest BCUT2D eigenvalue weighted by atomic mass is 10.2. The molecule has 0 aliphatic heterocycles. The van der Waals surface area contributed by atoms with Crippen LogP contribution in [0.25, 0.3) is 32.2 Å².